The van der Waals surface area contributed by atoms with E-state index >= 15 is 0 Å². The molecule has 0 radical (unpaired) electrons. The highest BCUT2D eigenvalue weighted by molar-refractivity contribution is 6.31. The molecule has 1 fully saturated rings. The summed E-state index contributed by atoms with van der Waals surface area (Å²) in [5, 5.41) is 3.32. The summed E-state index contributed by atoms with van der Waals surface area (Å²) in [6.07, 6.45) is 2.96. The Morgan fingerprint density at radius 2 is 2.20 bits per heavy atom. The van der Waals surface area contributed by atoms with Crippen molar-refractivity contribution in [3.63, 3.8) is 0 Å². The van der Waals surface area contributed by atoms with Crippen LogP contribution in [0.2, 0.25) is 5.02 Å². The minimum Gasteiger partial charge on any atom is -0.449 e. The Morgan fingerprint density at radius 3 is 2.90 bits per heavy atom. The van der Waals surface area contributed by atoms with E-state index in [4.69, 9.17) is 22.1 Å². The van der Waals surface area contributed by atoms with E-state index in [9.17, 15) is 4.79 Å². The molecule has 0 heterocycles. The molecule has 0 aromatic heterocycles. The fourth-order valence-corrected chi connectivity index (χ4v) is 2.83. The first-order valence-electron chi connectivity index (χ1n) is 7.00. The first-order chi connectivity index (χ1) is 9.60. The quantitative estimate of drug-likeness (QED) is 0.892. The van der Waals surface area contributed by atoms with Crippen molar-refractivity contribution in [3.05, 3.63) is 28.8 Å². The van der Waals surface area contributed by atoms with E-state index in [2.05, 4.69) is 5.32 Å². The van der Waals surface area contributed by atoms with Crippen LogP contribution in [-0.2, 0) is 4.74 Å². The number of amides is 1. The molecule has 0 bridgehead atoms. The molecule has 0 saturated heterocycles. The molecule has 5 heteroatoms. The van der Waals surface area contributed by atoms with Crippen molar-refractivity contribution in [1.82, 2.24) is 0 Å². The van der Waals surface area contributed by atoms with Gasteiger partial charge in [0.05, 0.1) is 6.61 Å². The SMILES string of the molecule is Cc1ccc(NC(=O)OCC2CCCC2CN)cc1Cl. The zero-order valence-electron chi connectivity index (χ0n) is 11.7. The van der Waals surface area contributed by atoms with Gasteiger partial charge in [-0.15, -0.1) is 0 Å². The average Bonchev–Trinajstić information content (AvgIpc) is 2.88. The maximum absolute atomic E-state index is 11.8. The van der Waals surface area contributed by atoms with Crippen molar-refractivity contribution in [2.75, 3.05) is 18.5 Å². The lowest BCUT2D eigenvalue weighted by Gasteiger charge is -2.17. The number of nitrogens with two attached hydrogens (primary N) is 1. The van der Waals surface area contributed by atoms with E-state index in [1.165, 1.54) is 6.42 Å². The fourth-order valence-electron chi connectivity index (χ4n) is 2.65. The van der Waals surface area contributed by atoms with Crippen LogP contribution in [0.5, 0.6) is 0 Å². The van der Waals surface area contributed by atoms with Gasteiger partial charge in [0.15, 0.2) is 0 Å². The average molecular weight is 297 g/mol. The van der Waals surface area contributed by atoms with Crippen molar-refractivity contribution in [2.24, 2.45) is 17.6 Å². The maximum Gasteiger partial charge on any atom is 0.411 e. The summed E-state index contributed by atoms with van der Waals surface area (Å²) in [7, 11) is 0. The van der Waals surface area contributed by atoms with Gasteiger partial charge in [-0.25, -0.2) is 4.79 Å². The van der Waals surface area contributed by atoms with Crippen LogP contribution in [0.3, 0.4) is 0 Å². The zero-order valence-corrected chi connectivity index (χ0v) is 12.5. The molecule has 3 N–H and O–H groups in total. The smallest absolute Gasteiger partial charge is 0.411 e. The lowest BCUT2D eigenvalue weighted by Crippen LogP contribution is -2.25. The van der Waals surface area contributed by atoms with Crippen LogP contribution < -0.4 is 11.1 Å². The normalized spacial score (nSPS) is 21.8. The Kier molecular flexibility index (Phi) is 5.26. The van der Waals surface area contributed by atoms with Crippen molar-refractivity contribution in [1.29, 1.82) is 0 Å². The number of ether oxygens (including phenoxy) is 1. The van der Waals surface area contributed by atoms with Crippen LogP contribution >= 0.6 is 11.6 Å². The van der Waals surface area contributed by atoms with E-state index in [1.54, 1.807) is 12.1 Å². The molecule has 20 heavy (non-hydrogen) atoms. The van der Waals surface area contributed by atoms with Crippen molar-refractivity contribution in [3.8, 4) is 0 Å². The van der Waals surface area contributed by atoms with E-state index in [1.807, 2.05) is 13.0 Å². The number of aryl methyl sites for hydroxylation is 1. The molecule has 1 aromatic carbocycles. The second-order valence-corrected chi connectivity index (χ2v) is 5.78. The van der Waals surface area contributed by atoms with Crippen LogP contribution in [0, 0.1) is 18.8 Å². The minimum atomic E-state index is -0.437. The first-order valence-corrected chi connectivity index (χ1v) is 7.38. The van der Waals surface area contributed by atoms with Gasteiger partial charge in [-0.2, -0.15) is 0 Å². The number of benzene rings is 1. The lowest BCUT2D eigenvalue weighted by molar-refractivity contribution is 0.130. The zero-order chi connectivity index (χ0) is 14.5. The van der Waals surface area contributed by atoms with Gasteiger partial charge in [0.2, 0.25) is 0 Å². The fraction of sp³-hybridized carbons (Fsp3) is 0.533. The van der Waals surface area contributed by atoms with Crippen LogP contribution in [0.4, 0.5) is 10.5 Å². The molecule has 4 nitrogen and oxygen atoms in total. The number of anilines is 1. The Bertz CT molecular complexity index is 479. The lowest BCUT2D eigenvalue weighted by atomic mass is 9.97. The second kappa shape index (κ2) is 6.95. The molecule has 1 aliphatic carbocycles. The highest BCUT2D eigenvalue weighted by atomic mass is 35.5. The number of halogens is 1. The summed E-state index contributed by atoms with van der Waals surface area (Å²) in [5.74, 6) is 0.879. The summed E-state index contributed by atoms with van der Waals surface area (Å²) in [4.78, 5) is 11.8. The van der Waals surface area contributed by atoms with Gasteiger partial charge in [0, 0.05) is 10.7 Å². The van der Waals surface area contributed by atoms with Crippen LogP contribution in [0.25, 0.3) is 0 Å². The topological polar surface area (TPSA) is 64.3 Å². The van der Waals surface area contributed by atoms with E-state index < -0.39 is 6.09 Å². The highest BCUT2D eigenvalue weighted by Crippen LogP contribution is 2.31. The molecule has 2 unspecified atom stereocenters. The standard InChI is InChI=1S/C15H21ClN2O2/c1-10-5-6-13(7-14(10)16)18-15(19)20-9-12-4-2-3-11(12)8-17/h5-7,11-12H,2-4,8-9,17H2,1H3,(H,18,19). The molecule has 1 amide bonds. The van der Waals surface area contributed by atoms with Gasteiger partial charge < -0.3 is 10.5 Å². The van der Waals surface area contributed by atoms with E-state index in [-0.39, 0.29) is 0 Å². The van der Waals surface area contributed by atoms with Crippen molar-refractivity contribution >= 4 is 23.4 Å². The number of hydrogen-bond acceptors (Lipinski definition) is 3. The molecule has 1 aromatic rings. The summed E-state index contributed by atoms with van der Waals surface area (Å²) < 4.78 is 5.28. The Labute approximate surface area is 124 Å². The van der Waals surface area contributed by atoms with Crippen LogP contribution in [-0.4, -0.2) is 19.2 Å². The van der Waals surface area contributed by atoms with Gasteiger partial charge in [-0.1, -0.05) is 24.1 Å². The van der Waals surface area contributed by atoms with Gasteiger partial charge in [-0.3, -0.25) is 5.32 Å². The number of rotatable bonds is 4. The number of carbonyl (C=O) groups is 1. The predicted molar refractivity (Wildman–Crippen MR) is 81.0 cm³/mol. The second-order valence-electron chi connectivity index (χ2n) is 5.37. The molecule has 0 aliphatic heterocycles. The molecule has 2 atom stereocenters. The Morgan fingerprint density at radius 1 is 1.45 bits per heavy atom. The molecule has 2 rings (SSSR count). The van der Waals surface area contributed by atoms with Gasteiger partial charge in [-0.05, 0) is 55.8 Å². The molecular formula is C15H21ClN2O2. The van der Waals surface area contributed by atoms with Gasteiger partial charge >= 0.3 is 6.09 Å². The van der Waals surface area contributed by atoms with E-state index in [0.29, 0.717) is 35.7 Å². The third kappa shape index (κ3) is 3.87. The first kappa shape index (κ1) is 15.1. The third-order valence-corrected chi connectivity index (χ3v) is 4.37. The number of nitrogens with one attached hydrogen (secondary N) is 1. The van der Waals surface area contributed by atoms with E-state index in [0.717, 1.165) is 18.4 Å². The van der Waals surface area contributed by atoms with Crippen LogP contribution in [0.1, 0.15) is 24.8 Å². The molecule has 1 aliphatic rings. The Hall–Kier alpha value is -1.26. The monoisotopic (exact) mass is 296 g/mol. The largest absolute Gasteiger partial charge is 0.449 e. The van der Waals surface area contributed by atoms with Gasteiger partial charge in [0.25, 0.3) is 0 Å². The molecule has 1 saturated carbocycles. The summed E-state index contributed by atoms with van der Waals surface area (Å²) >= 11 is 6.01. The summed E-state index contributed by atoms with van der Waals surface area (Å²) in [6.45, 7) is 3.02. The third-order valence-electron chi connectivity index (χ3n) is 3.97. The maximum atomic E-state index is 11.8. The van der Waals surface area contributed by atoms with Crippen molar-refractivity contribution in [2.45, 2.75) is 26.2 Å². The van der Waals surface area contributed by atoms with Crippen LogP contribution in [0.15, 0.2) is 18.2 Å². The summed E-state index contributed by atoms with van der Waals surface area (Å²) in [5.41, 5.74) is 7.33. The minimum absolute atomic E-state index is 0.396. The molecule has 0 spiro atoms. The highest BCUT2D eigenvalue weighted by Gasteiger charge is 2.27. The number of carbonyl (C=O) groups excluding carboxylic acids is 1. The van der Waals surface area contributed by atoms with Gasteiger partial charge in [0.1, 0.15) is 0 Å². The summed E-state index contributed by atoms with van der Waals surface area (Å²) in [6, 6.07) is 5.39. The van der Waals surface area contributed by atoms with Crippen molar-refractivity contribution < 1.29 is 9.53 Å². The molecular weight excluding hydrogens is 276 g/mol. The number of hydrogen-bond donors (Lipinski definition) is 2. The molecule has 110 valence electrons. The predicted octanol–water partition coefficient (Wildman–Crippen LogP) is 3.57. The Balaban J connectivity index is 1.81.